The minimum Gasteiger partial charge on any atom is -0.322 e. The van der Waals surface area contributed by atoms with Crippen molar-refractivity contribution in [2.45, 2.75) is 22.7 Å². The molecule has 0 radical (unpaired) electrons. The van der Waals surface area contributed by atoms with Crippen molar-refractivity contribution in [1.29, 1.82) is 0 Å². The Balaban J connectivity index is 1.39. The summed E-state index contributed by atoms with van der Waals surface area (Å²) in [5.74, 6) is 0.402. The van der Waals surface area contributed by atoms with Crippen molar-refractivity contribution < 1.29 is 13.2 Å². The molecule has 9 nitrogen and oxygen atoms in total. The highest BCUT2D eigenvalue weighted by Crippen LogP contribution is 2.22. The van der Waals surface area contributed by atoms with Crippen LogP contribution in [0, 0.1) is 0 Å². The SMILES string of the molecule is CCN1CCN(S(=O)(=O)c2cccc(NC(=O)c3ccc(CSc4ncn[nH]4)cc3)c2)CC1. The normalized spacial score (nSPS) is 15.4. The van der Waals surface area contributed by atoms with Crippen LogP contribution in [0.3, 0.4) is 0 Å². The van der Waals surface area contributed by atoms with E-state index in [9.17, 15) is 13.2 Å². The predicted octanol–water partition coefficient (Wildman–Crippen LogP) is 2.68. The fraction of sp³-hybridized carbons (Fsp3) is 0.318. The highest BCUT2D eigenvalue weighted by Gasteiger charge is 2.28. The quantitative estimate of drug-likeness (QED) is 0.471. The third-order valence-corrected chi connectivity index (χ3v) is 8.34. The first-order valence-electron chi connectivity index (χ1n) is 10.7. The number of hydrogen-bond donors (Lipinski definition) is 2. The van der Waals surface area contributed by atoms with Gasteiger partial charge >= 0.3 is 0 Å². The molecule has 3 aromatic rings. The van der Waals surface area contributed by atoms with E-state index in [1.54, 1.807) is 30.3 Å². The average molecular weight is 487 g/mol. The number of hydrogen-bond acceptors (Lipinski definition) is 7. The van der Waals surface area contributed by atoms with Gasteiger partial charge in [0, 0.05) is 43.2 Å². The van der Waals surface area contributed by atoms with Gasteiger partial charge in [-0.05, 0) is 42.4 Å². The van der Waals surface area contributed by atoms with Crippen molar-refractivity contribution in [2.75, 3.05) is 38.0 Å². The molecule has 1 amide bonds. The van der Waals surface area contributed by atoms with Crippen molar-refractivity contribution >= 4 is 33.4 Å². The molecule has 1 aliphatic rings. The zero-order valence-corrected chi connectivity index (χ0v) is 19.9. The number of H-pyrrole nitrogens is 1. The number of piperazine rings is 1. The van der Waals surface area contributed by atoms with Gasteiger partial charge in [-0.3, -0.25) is 9.89 Å². The second kappa shape index (κ2) is 10.5. The summed E-state index contributed by atoms with van der Waals surface area (Å²) in [5.41, 5.74) is 1.98. The van der Waals surface area contributed by atoms with Gasteiger partial charge in [0.05, 0.1) is 4.90 Å². The number of nitrogens with one attached hydrogen (secondary N) is 2. The Hall–Kier alpha value is -2.73. The number of carbonyl (C=O) groups excluding carboxylic acids is 1. The smallest absolute Gasteiger partial charge is 0.255 e. The third kappa shape index (κ3) is 5.80. The summed E-state index contributed by atoms with van der Waals surface area (Å²) >= 11 is 1.52. The molecule has 174 valence electrons. The van der Waals surface area contributed by atoms with Crippen LogP contribution in [0.2, 0.25) is 0 Å². The van der Waals surface area contributed by atoms with Crippen molar-refractivity contribution in [3.8, 4) is 0 Å². The summed E-state index contributed by atoms with van der Waals surface area (Å²) in [4.78, 5) is 19.2. The fourth-order valence-electron chi connectivity index (χ4n) is 3.54. The standard InChI is InChI=1S/C22H26N6O3S2/c1-2-27-10-12-28(13-11-27)33(30,31)20-5-3-4-19(14-20)25-21(29)18-8-6-17(7-9-18)15-32-22-23-16-24-26-22/h3-9,14,16H,2,10-13,15H2,1H3,(H,25,29)(H,23,24,26). The molecule has 1 fully saturated rings. The lowest BCUT2D eigenvalue weighted by atomic mass is 10.1. The van der Waals surface area contributed by atoms with Crippen LogP contribution in [0.25, 0.3) is 0 Å². The van der Waals surface area contributed by atoms with Crippen molar-refractivity contribution in [1.82, 2.24) is 24.4 Å². The summed E-state index contributed by atoms with van der Waals surface area (Å²) in [6.07, 6.45) is 1.46. The van der Waals surface area contributed by atoms with Gasteiger partial charge in [0.2, 0.25) is 10.0 Å². The molecule has 0 bridgehead atoms. The summed E-state index contributed by atoms with van der Waals surface area (Å²) in [6, 6.07) is 13.7. The molecule has 1 aromatic heterocycles. The maximum Gasteiger partial charge on any atom is 0.255 e. The van der Waals surface area contributed by atoms with Gasteiger partial charge in [-0.2, -0.15) is 9.40 Å². The van der Waals surface area contributed by atoms with E-state index in [-0.39, 0.29) is 10.8 Å². The number of aromatic nitrogens is 3. The molecule has 0 atom stereocenters. The van der Waals surface area contributed by atoms with Gasteiger partial charge < -0.3 is 10.2 Å². The summed E-state index contributed by atoms with van der Waals surface area (Å²) in [7, 11) is -3.61. The molecular weight excluding hydrogens is 460 g/mol. The van der Waals surface area contributed by atoms with Gasteiger partial charge in [-0.25, -0.2) is 13.4 Å². The van der Waals surface area contributed by atoms with Crippen LogP contribution in [-0.4, -0.2) is 71.4 Å². The summed E-state index contributed by atoms with van der Waals surface area (Å²) < 4.78 is 27.6. The van der Waals surface area contributed by atoms with Crippen molar-refractivity contribution in [3.05, 3.63) is 66.0 Å². The first kappa shape index (κ1) is 23.4. The first-order valence-corrected chi connectivity index (χ1v) is 13.1. The Morgan fingerprint density at radius 1 is 1.12 bits per heavy atom. The number of rotatable bonds is 8. The Labute approximate surface area is 197 Å². The van der Waals surface area contributed by atoms with Crippen LogP contribution in [0.4, 0.5) is 5.69 Å². The maximum atomic E-state index is 13.1. The predicted molar refractivity (Wildman–Crippen MR) is 128 cm³/mol. The number of anilines is 1. The molecule has 2 aromatic carbocycles. The van der Waals surface area contributed by atoms with Crippen molar-refractivity contribution in [3.63, 3.8) is 0 Å². The highest BCUT2D eigenvalue weighted by atomic mass is 32.2. The molecule has 0 saturated carbocycles. The van der Waals surface area contributed by atoms with E-state index in [0.717, 1.165) is 30.4 Å². The topological polar surface area (TPSA) is 111 Å². The Morgan fingerprint density at radius 2 is 1.88 bits per heavy atom. The van der Waals surface area contributed by atoms with E-state index < -0.39 is 10.0 Å². The number of aromatic amines is 1. The van der Waals surface area contributed by atoms with E-state index in [1.165, 1.54) is 28.5 Å². The minimum atomic E-state index is -3.61. The van der Waals surface area contributed by atoms with E-state index in [0.29, 0.717) is 30.1 Å². The Kier molecular flexibility index (Phi) is 7.43. The van der Waals surface area contributed by atoms with Crippen LogP contribution in [0.1, 0.15) is 22.8 Å². The second-order valence-corrected chi connectivity index (χ2v) is 10.5. The van der Waals surface area contributed by atoms with Crippen LogP contribution in [0.15, 0.2) is 64.9 Å². The number of carbonyl (C=O) groups is 1. The van der Waals surface area contributed by atoms with Gasteiger partial charge in [0.15, 0.2) is 5.16 Å². The van der Waals surface area contributed by atoms with E-state index in [1.807, 2.05) is 12.1 Å². The second-order valence-electron chi connectivity index (χ2n) is 7.60. The van der Waals surface area contributed by atoms with Gasteiger partial charge in [-0.1, -0.05) is 36.9 Å². The molecular formula is C22H26N6O3S2. The maximum absolute atomic E-state index is 13.1. The number of likely N-dealkylation sites (N-methyl/N-ethyl adjacent to an activating group) is 1. The third-order valence-electron chi connectivity index (χ3n) is 5.49. The lowest BCUT2D eigenvalue weighted by molar-refractivity contribution is 0.102. The number of thioether (sulfide) groups is 1. The van der Waals surface area contributed by atoms with Gasteiger partial charge in [-0.15, -0.1) is 0 Å². The van der Waals surface area contributed by atoms with Crippen LogP contribution >= 0.6 is 11.8 Å². The zero-order valence-electron chi connectivity index (χ0n) is 18.3. The molecule has 1 saturated heterocycles. The average Bonchev–Trinajstić information content (AvgIpc) is 3.37. The first-order chi connectivity index (χ1) is 16.0. The Bertz CT molecular complexity index is 1180. The van der Waals surface area contributed by atoms with E-state index in [2.05, 4.69) is 32.3 Å². The van der Waals surface area contributed by atoms with E-state index >= 15 is 0 Å². The largest absolute Gasteiger partial charge is 0.322 e. The lowest BCUT2D eigenvalue weighted by Crippen LogP contribution is -2.48. The van der Waals surface area contributed by atoms with E-state index in [4.69, 9.17) is 0 Å². The zero-order chi connectivity index (χ0) is 23.3. The summed E-state index contributed by atoms with van der Waals surface area (Å²) in [6.45, 7) is 5.36. The van der Waals surface area contributed by atoms with Crippen LogP contribution < -0.4 is 5.32 Å². The highest BCUT2D eigenvalue weighted by molar-refractivity contribution is 7.98. The number of nitrogens with zero attached hydrogens (tertiary/aromatic N) is 4. The van der Waals surface area contributed by atoms with Gasteiger partial charge in [0.1, 0.15) is 6.33 Å². The fourth-order valence-corrected chi connectivity index (χ4v) is 5.74. The van der Waals surface area contributed by atoms with Gasteiger partial charge in [0.25, 0.3) is 5.91 Å². The molecule has 33 heavy (non-hydrogen) atoms. The molecule has 1 aliphatic heterocycles. The minimum absolute atomic E-state index is 0.185. The molecule has 0 spiro atoms. The van der Waals surface area contributed by atoms with Crippen LogP contribution in [-0.2, 0) is 15.8 Å². The number of amides is 1. The molecule has 2 heterocycles. The monoisotopic (exact) mass is 486 g/mol. The number of benzene rings is 2. The molecule has 0 unspecified atom stereocenters. The summed E-state index contributed by atoms with van der Waals surface area (Å²) in [5, 5.41) is 10.1. The molecule has 0 aliphatic carbocycles. The molecule has 4 rings (SSSR count). The lowest BCUT2D eigenvalue weighted by Gasteiger charge is -2.33. The molecule has 2 N–H and O–H groups in total. The van der Waals surface area contributed by atoms with Crippen molar-refractivity contribution in [2.24, 2.45) is 0 Å². The number of sulfonamides is 1. The Morgan fingerprint density at radius 3 is 2.55 bits per heavy atom. The molecule has 11 heteroatoms. The van der Waals surface area contributed by atoms with Crippen LogP contribution in [0.5, 0.6) is 0 Å².